The number of nitrogens with one attached hydrogen (secondary N) is 1. The maximum absolute atomic E-state index is 10.4. The van der Waals surface area contributed by atoms with Crippen LogP contribution < -0.4 is 5.32 Å². The molecular weight excluding hydrogens is 246 g/mol. The van der Waals surface area contributed by atoms with Crippen LogP contribution in [0.2, 0.25) is 0 Å². The molecule has 0 bridgehead atoms. The first-order valence-electron chi connectivity index (χ1n) is 9.08. The third kappa shape index (κ3) is 4.73. The van der Waals surface area contributed by atoms with E-state index in [-0.39, 0.29) is 0 Å². The van der Waals surface area contributed by atoms with E-state index in [0.29, 0.717) is 6.04 Å². The molecule has 2 rings (SSSR count). The Labute approximate surface area is 125 Å². The van der Waals surface area contributed by atoms with Gasteiger partial charge in [-0.1, -0.05) is 58.3 Å². The molecule has 0 radical (unpaired) electrons. The van der Waals surface area contributed by atoms with Gasteiger partial charge in [-0.05, 0) is 38.0 Å². The fourth-order valence-electron chi connectivity index (χ4n) is 4.52. The molecule has 0 heterocycles. The van der Waals surface area contributed by atoms with E-state index >= 15 is 0 Å². The van der Waals surface area contributed by atoms with E-state index in [2.05, 4.69) is 12.2 Å². The van der Waals surface area contributed by atoms with E-state index < -0.39 is 5.60 Å². The van der Waals surface area contributed by atoms with Crippen LogP contribution in [0.25, 0.3) is 0 Å². The van der Waals surface area contributed by atoms with Gasteiger partial charge in [-0.2, -0.15) is 0 Å². The Morgan fingerprint density at radius 1 is 1.00 bits per heavy atom. The summed E-state index contributed by atoms with van der Waals surface area (Å²) in [6.45, 7) is 4.91. The molecule has 118 valence electrons. The minimum Gasteiger partial charge on any atom is -0.389 e. The minimum absolute atomic E-state index is 0.524. The Bertz CT molecular complexity index is 271. The first-order valence-corrected chi connectivity index (χ1v) is 9.08. The predicted molar refractivity (Wildman–Crippen MR) is 85.9 cm³/mol. The molecule has 0 aliphatic heterocycles. The predicted octanol–water partition coefficient (Wildman–Crippen LogP) is 4.27. The Hall–Kier alpha value is -0.0800. The molecule has 2 aliphatic rings. The maximum Gasteiger partial charge on any atom is 0.0743 e. The lowest BCUT2D eigenvalue weighted by Gasteiger charge is -2.40. The van der Waals surface area contributed by atoms with Crippen molar-refractivity contribution in [1.82, 2.24) is 5.32 Å². The normalized spacial score (nSPS) is 31.9. The second-order valence-electron chi connectivity index (χ2n) is 7.58. The van der Waals surface area contributed by atoms with Gasteiger partial charge in [0.25, 0.3) is 0 Å². The number of hydrogen-bond donors (Lipinski definition) is 2. The number of aliphatic hydroxyl groups is 1. The standard InChI is InChI=1S/C18H35NO/c1-3-13-18(2,20)14-19-17-12-8-7-11-16(17)15-9-5-4-6-10-15/h15-17,19-20H,3-14H2,1-2H3. The molecule has 2 aliphatic carbocycles. The SMILES string of the molecule is CCCC(C)(O)CNC1CCCCC1C1CCCCC1. The lowest BCUT2D eigenvalue weighted by Crippen LogP contribution is -2.48. The summed E-state index contributed by atoms with van der Waals surface area (Å²) < 4.78 is 0. The van der Waals surface area contributed by atoms with Crippen molar-refractivity contribution in [2.24, 2.45) is 11.8 Å². The molecule has 0 spiro atoms. The van der Waals surface area contributed by atoms with Gasteiger partial charge < -0.3 is 10.4 Å². The zero-order valence-corrected chi connectivity index (χ0v) is 13.7. The largest absolute Gasteiger partial charge is 0.389 e. The van der Waals surface area contributed by atoms with Crippen LogP contribution in [0.1, 0.15) is 84.5 Å². The summed E-state index contributed by atoms with van der Waals surface area (Å²) in [5, 5.41) is 14.1. The molecule has 2 saturated carbocycles. The first-order chi connectivity index (χ1) is 9.62. The van der Waals surface area contributed by atoms with Gasteiger partial charge in [0, 0.05) is 12.6 Å². The van der Waals surface area contributed by atoms with Crippen LogP contribution in [0.3, 0.4) is 0 Å². The summed E-state index contributed by atoms with van der Waals surface area (Å²) in [6, 6.07) is 0.662. The van der Waals surface area contributed by atoms with Gasteiger partial charge in [-0.3, -0.25) is 0 Å². The van der Waals surface area contributed by atoms with Crippen molar-refractivity contribution in [3.8, 4) is 0 Å². The van der Waals surface area contributed by atoms with Gasteiger partial charge in [0.1, 0.15) is 0 Å². The molecular formula is C18H35NO. The number of rotatable bonds is 6. The summed E-state index contributed by atoms with van der Waals surface area (Å²) in [6.07, 6.45) is 14.7. The second-order valence-corrected chi connectivity index (χ2v) is 7.58. The summed E-state index contributed by atoms with van der Waals surface area (Å²) in [5.74, 6) is 1.83. The molecule has 3 atom stereocenters. The van der Waals surface area contributed by atoms with Crippen molar-refractivity contribution < 1.29 is 5.11 Å². The Balaban J connectivity index is 1.86. The van der Waals surface area contributed by atoms with E-state index in [1.165, 1.54) is 57.8 Å². The van der Waals surface area contributed by atoms with Crippen LogP contribution in [0.5, 0.6) is 0 Å². The second kappa shape index (κ2) is 7.79. The summed E-state index contributed by atoms with van der Waals surface area (Å²) >= 11 is 0. The third-order valence-electron chi connectivity index (χ3n) is 5.61. The van der Waals surface area contributed by atoms with E-state index in [1.54, 1.807) is 0 Å². The van der Waals surface area contributed by atoms with Gasteiger partial charge in [-0.15, -0.1) is 0 Å². The van der Waals surface area contributed by atoms with Crippen molar-refractivity contribution >= 4 is 0 Å². The maximum atomic E-state index is 10.4. The summed E-state index contributed by atoms with van der Waals surface area (Å²) in [5.41, 5.74) is -0.524. The Kier molecular flexibility index (Phi) is 6.35. The van der Waals surface area contributed by atoms with Crippen LogP contribution in [-0.4, -0.2) is 23.3 Å². The van der Waals surface area contributed by atoms with Crippen LogP contribution >= 0.6 is 0 Å². The fraction of sp³-hybridized carbons (Fsp3) is 1.00. The van der Waals surface area contributed by atoms with E-state index in [0.717, 1.165) is 31.2 Å². The highest BCUT2D eigenvalue weighted by Crippen LogP contribution is 2.38. The van der Waals surface area contributed by atoms with Crippen molar-refractivity contribution in [2.45, 2.75) is 96.1 Å². The molecule has 0 saturated heterocycles. The van der Waals surface area contributed by atoms with Gasteiger partial charge in [0.2, 0.25) is 0 Å². The minimum atomic E-state index is -0.524. The smallest absolute Gasteiger partial charge is 0.0743 e. The lowest BCUT2D eigenvalue weighted by molar-refractivity contribution is 0.0383. The molecule has 0 aromatic rings. The summed E-state index contributed by atoms with van der Waals surface area (Å²) in [7, 11) is 0. The summed E-state index contributed by atoms with van der Waals surface area (Å²) in [4.78, 5) is 0. The van der Waals surface area contributed by atoms with Crippen LogP contribution in [0, 0.1) is 11.8 Å². The highest BCUT2D eigenvalue weighted by atomic mass is 16.3. The average molecular weight is 281 g/mol. The van der Waals surface area contributed by atoms with E-state index in [4.69, 9.17) is 0 Å². The third-order valence-corrected chi connectivity index (χ3v) is 5.61. The quantitative estimate of drug-likeness (QED) is 0.762. The van der Waals surface area contributed by atoms with Gasteiger partial charge in [0.05, 0.1) is 5.60 Å². The van der Waals surface area contributed by atoms with Crippen molar-refractivity contribution in [3.63, 3.8) is 0 Å². The van der Waals surface area contributed by atoms with Crippen LogP contribution in [0.15, 0.2) is 0 Å². The highest BCUT2D eigenvalue weighted by molar-refractivity contribution is 4.88. The van der Waals surface area contributed by atoms with Crippen molar-refractivity contribution in [1.29, 1.82) is 0 Å². The Morgan fingerprint density at radius 2 is 1.65 bits per heavy atom. The fourth-order valence-corrected chi connectivity index (χ4v) is 4.52. The van der Waals surface area contributed by atoms with E-state index in [9.17, 15) is 5.11 Å². The molecule has 3 unspecified atom stereocenters. The topological polar surface area (TPSA) is 32.3 Å². The molecule has 0 aromatic heterocycles. The zero-order valence-electron chi connectivity index (χ0n) is 13.7. The van der Waals surface area contributed by atoms with Gasteiger partial charge in [-0.25, -0.2) is 0 Å². The molecule has 2 N–H and O–H groups in total. The zero-order chi connectivity index (χ0) is 14.4. The highest BCUT2D eigenvalue weighted by Gasteiger charge is 2.33. The van der Waals surface area contributed by atoms with Crippen LogP contribution in [-0.2, 0) is 0 Å². The monoisotopic (exact) mass is 281 g/mol. The molecule has 0 aromatic carbocycles. The van der Waals surface area contributed by atoms with Gasteiger partial charge >= 0.3 is 0 Å². The first kappa shape index (κ1) is 16.3. The van der Waals surface area contributed by atoms with Gasteiger partial charge in [0.15, 0.2) is 0 Å². The molecule has 2 heteroatoms. The van der Waals surface area contributed by atoms with Crippen molar-refractivity contribution in [3.05, 3.63) is 0 Å². The van der Waals surface area contributed by atoms with E-state index in [1.807, 2.05) is 6.92 Å². The average Bonchev–Trinajstić information content (AvgIpc) is 2.46. The molecule has 2 fully saturated rings. The number of hydrogen-bond acceptors (Lipinski definition) is 2. The van der Waals surface area contributed by atoms with Crippen molar-refractivity contribution in [2.75, 3.05) is 6.54 Å². The lowest BCUT2D eigenvalue weighted by atomic mass is 9.71. The molecule has 0 amide bonds. The molecule has 20 heavy (non-hydrogen) atoms. The Morgan fingerprint density at radius 3 is 2.35 bits per heavy atom. The van der Waals surface area contributed by atoms with Crippen LogP contribution in [0.4, 0.5) is 0 Å². The molecule has 2 nitrogen and oxygen atoms in total.